The smallest absolute Gasteiger partial charge is 0.252 e. The fourth-order valence-electron chi connectivity index (χ4n) is 3.70. The molecule has 2 heterocycles. The number of carbonyl (C=O) groups excluding carboxylic acids is 1. The van der Waals surface area contributed by atoms with Crippen LogP contribution in [0.15, 0.2) is 23.1 Å². The maximum absolute atomic E-state index is 12.7. The van der Waals surface area contributed by atoms with E-state index in [0.29, 0.717) is 19.6 Å². The number of nitrogens with one attached hydrogen (secondary N) is 1. The van der Waals surface area contributed by atoms with Crippen LogP contribution in [0.3, 0.4) is 0 Å². The van der Waals surface area contributed by atoms with Crippen LogP contribution in [0.4, 0.5) is 0 Å². The largest absolute Gasteiger partial charge is 0.351 e. The Morgan fingerprint density at radius 2 is 1.63 bits per heavy atom. The lowest BCUT2D eigenvalue weighted by atomic mass is 10.2. The monoisotopic (exact) mass is 413 g/mol. The average molecular weight is 414 g/mol. The second kappa shape index (κ2) is 9.37. The Hall–Kier alpha value is -1.15. The normalized spacial score (nSPS) is 19.7. The first-order valence-electron chi connectivity index (χ1n) is 9.79. The molecule has 27 heavy (non-hydrogen) atoms. The lowest BCUT2D eigenvalue weighted by molar-refractivity contribution is 0.0948. The predicted molar refractivity (Wildman–Crippen MR) is 107 cm³/mol. The molecule has 2 aliphatic heterocycles. The van der Waals surface area contributed by atoms with Crippen LogP contribution in [-0.4, -0.2) is 62.8 Å². The summed E-state index contributed by atoms with van der Waals surface area (Å²) in [5.41, 5.74) is 0.216. The lowest BCUT2D eigenvalue weighted by Gasteiger charge is -2.20. The molecular weight excluding hydrogens is 386 g/mol. The number of halogens is 1. The summed E-state index contributed by atoms with van der Waals surface area (Å²) in [6.07, 6.45) is 6.70. The molecule has 150 valence electrons. The molecule has 0 radical (unpaired) electrons. The number of rotatable bonds is 6. The number of benzene rings is 1. The molecule has 8 heteroatoms. The summed E-state index contributed by atoms with van der Waals surface area (Å²) >= 11 is 6.17. The Bertz CT molecular complexity index is 755. The summed E-state index contributed by atoms with van der Waals surface area (Å²) in [5.74, 6) is -0.326. The van der Waals surface area contributed by atoms with E-state index in [1.54, 1.807) is 0 Å². The van der Waals surface area contributed by atoms with E-state index in [1.807, 2.05) is 0 Å². The van der Waals surface area contributed by atoms with Crippen molar-refractivity contribution in [1.82, 2.24) is 14.5 Å². The minimum absolute atomic E-state index is 0.131. The Morgan fingerprint density at radius 3 is 2.30 bits per heavy atom. The molecule has 0 spiro atoms. The van der Waals surface area contributed by atoms with Gasteiger partial charge in [-0.25, -0.2) is 8.42 Å². The van der Waals surface area contributed by atoms with Gasteiger partial charge >= 0.3 is 0 Å². The zero-order valence-electron chi connectivity index (χ0n) is 15.6. The van der Waals surface area contributed by atoms with E-state index in [2.05, 4.69) is 10.2 Å². The van der Waals surface area contributed by atoms with Crippen molar-refractivity contribution in [1.29, 1.82) is 0 Å². The van der Waals surface area contributed by atoms with Gasteiger partial charge in [0.25, 0.3) is 5.91 Å². The highest BCUT2D eigenvalue weighted by Crippen LogP contribution is 2.25. The molecule has 1 aromatic rings. The molecule has 2 fully saturated rings. The van der Waals surface area contributed by atoms with E-state index in [4.69, 9.17) is 11.6 Å². The zero-order chi connectivity index (χ0) is 19.3. The third kappa shape index (κ3) is 5.22. The zero-order valence-corrected chi connectivity index (χ0v) is 17.2. The molecule has 3 rings (SSSR count). The summed E-state index contributed by atoms with van der Waals surface area (Å²) in [5, 5.41) is 3.15. The molecule has 0 atom stereocenters. The van der Waals surface area contributed by atoms with Gasteiger partial charge in [0.05, 0.1) is 15.5 Å². The minimum atomic E-state index is -3.57. The highest BCUT2D eigenvalue weighted by atomic mass is 35.5. The Balaban J connectivity index is 1.63. The predicted octanol–water partition coefficient (Wildman–Crippen LogP) is 2.73. The second-order valence-corrected chi connectivity index (χ2v) is 9.61. The van der Waals surface area contributed by atoms with Crippen LogP contribution in [0.5, 0.6) is 0 Å². The van der Waals surface area contributed by atoms with Gasteiger partial charge in [-0.1, -0.05) is 24.4 Å². The minimum Gasteiger partial charge on any atom is -0.351 e. The van der Waals surface area contributed by atoms with Gasteiger partial charge in [0.1, 0.15) is 0 Å². The maximum atomic E-state index is 12.7. The molecule has 1 N–H and O–H groups in total. The van der Waals surface area contributed by atoms with Gasteiger partial charge in [0, 0.05) is 26.2 Å². The van der Waals surface area contributed by atoms with E-state index in [1.165, 1.54) is 48.2 Å². The van der Waals surface area contributed by atoms with Crippen molar-refractivity contribution in [3.8, 4) is 0 Å². The van der Waals surface area contributed by atoms with E-state index in [0.717, 1.165) is 32.5 Å². The van der Waals surface area contributed by atoms with Crippen LogP contribution >= 0.6 is 11.6 Å². The quantitative estimate of drug-likeness (QED) is 0.778. The number of amides is 1. The number of likely N-dealkylation sites (tertiary alicyclic amines) is 1. The summed E-state index contributed by atoms with van der Waals surface area (Å²) in [6, 6.07) is 4.37. The lowest BCUT2D eigenvalue weighted by Crippen LogP contribution is -2.35. The van der Waals surface area contributed by atoms with Crippen LogP contribution in [-0.2, 0) is 10.0 Å². The average Bonchev–Trinajstić information content (AvgIpc) is 3.08. The number of hydrogen-bond donors (Lipinski definition) is 1. The van der Waals surface area contributed by atoms with Gasteiger partial charge in [0.15, 0.2) is 0 Å². The SMILES string of the molecule is O=C(NCCN1CCCCCC1)c1cc(S(=O)(=O)N2CCCC2)ccc1Cl. The Kier molecular flexibility index (Phi) is 7.14. The molecule has 6 nitrogen and oxygen atoms in total. The molecule has 0 unspecified atom stereocenters. The van der Waals surface area contributed by atoms with E-state index in [-0.39, 0.29) is 21.4 Å². The van der Waals surface area contributed by atoms with Gasteiger partial charge < -0.3 is 10.2 Å². The molecule has 1 amide bonds. The molecular formula is C19H28ClN3O3S. The molecule has 0 bridgehead atoms. The highest BCUT2D eigenvalue weighted by Gasteiger charge is 2.28. The molecule has 0 aromatic heterocycles. The number of sulfonamides is 1. The standard InChI is InChI=1S/C19H28ClN3O3S/c20-18-8-7-16(27(25,26)23-12-5-6-13-23)15-17(18)19(24)21-9-14-22-10-3-1-2-4-11-22/h7-8,15H,1-6,9-14H2,(H,21,24). The summed E-state index contributed by atoms with van der Waals surface area (Å²) in [4.78, 5) is 15.0. The van der Waals surface area contributed by atoms with Crippen LogP contribution in [0, 0.1) is 0 Å². The van der Waals surface area contributed by atoms with Crippen molar-refractivity contribution in [3.63, 3.8) is 0 Å². The van der Waals surface area contributed by atoms with Gasteiger partial charge in [-0.05, 0) is 57.0 Å². The van der Waals surface area contributed by atoms with Crippen LogP contribution < -0.4 is 5.32 Å². The number of nitrogens with zero attached hydrogens (tertiary/aromatic N) is 2. The van der Waals surface area contributed by atoms with E-state index < -0.39 is 10.0 Å². The molecule has 0 aliphatic carbocycles. The van der Waals surface area contributed by atoms with Crippen LogP contribution in [0.1, 0.15) is 48.9 Å². The molecule has 1 aromatic carbocycles. The van der Waals surface area contributed by atoms with Crippen LogP contribution in [0.2, 0.25) is 5.02 Å². The Morgan fingerprint density at radius 1 is 1.00 bits per heavy atom. The van der Waals surface area contributed by atoms with Gasteiger partial charge in [-0.2, -0.15) is 4.31 Å². The first-order chi connectivity index (χ1) is 13.0. The fourth-order valence-corrected chi connectivity index (χ4v) is 5.45. The van der Waals surface area contributed by atoms with Crippen molar-refractivity contribution in [2.45, 2.75) is 43.4 Å². The van der Waals surface area contributed by atoms with Crippen molar-refractivity contribution in [2.75, 3.05) is 39.3 Å². The highest BCUT2D eigenvalue weighted by molar-refractivity contribution is 7.89. The molecule has 2 aliphatic rings. The third-order valence-electron chi connectivity index (χ3n) is 5.30. The first-order valence-corrected chi connectivity index (χ1v) is 11.6. The van der Waals surface area contributed by atoms with Gasteiger partial charge in [0.2, 0.25) is 10.0 Å². The van der Waals surface area contributed by atoms with Gasteiger partial charge in [-0.3, -0.25) is 4.79 Å². The van der Waals surface area contributed by atoms with Crippen molar-refractivity contribution in [3.05, 3.63) is 28.8 Å². The van der Waals surface area contributed by atoms with Crippen LogP contribution in [0.25, 0.3) is 0 Å². The molecule has 0 saturated carbocycles. The fraction of sp³-hybridized carbons (Fsp3) is 0.632. The van der Waals surface area contributed by atoms with Crippen molar-refractivity contribution < 1.29 is 13.2 Å². The van der Waals surface area contributed by atoms with E-state index in [9.17, 15) is 13.2 Å². The maximum Gasteiger partial charge on any atom is 0.252 e. The number of hydrogen-bond acceptors (Lipinski definition) is 4. The van der Waals surface area contributed by atoms with E-state index >= 15 is 0 Å². The first kappa shape index (κ1) is 20.6. The second-order valence-electron chi connectivity index (χ2n) is 7.26. The topological polar surface area (TPSA) is 69.7 Å². The summed E-state index contributed by atoms with van der Waals surface area (Å²) in [6.45, 7) is 4.53. The molecule has 2 saturated heterocycles. The van der Waals surface area contributed by atoms with Crippen molar-refractivity contribution >= 4 is 27.5 Å². The third-order valence-corrected chi connectivity index (χ3v) is 7.52. The van der Waals surface area contributed by atoms with Gasteiger partial charge in [-0.15, -0.1) is 0 Å². The number of carbonyl (C=O) groups is 1. The summed E-state index contributed by atoms with van der Waals surface area (Å²) in [7, 11) is -3.57. The summed E-state index contributed by atoms with van der Waals surface area (Å²) < 4.78 is 26.9. The van der Waals surface area contributed by atoms with Crippen molar-refractivity contribution in [2.24, 2.45) is 0 Å². The Labute approximate surface area is 166 Å².